The topological polar surface area (TPSA) is 38.5 Å². The highest BCUT2D eigenvalue weighted by Gasteiger charge is 2.25. The maximum Gasteiger partial charge on any atom is 0.123 e. The van der Waals surface area contributed by atoms with Gasteiger partial charge in [-0.1, -0.05) is 13.8 Å². The molecule has 1 aliphatic heterocycles. The second-order valence-corrected chi connectivity index (χ2v) is 5.99. The number of nitrogens with two attached hydrogens (primary N) is 1. The van der Waals surface area contributed by atoms with Crippen molar-refractivity contribution in [1.29, 1.82) is 0 Å². The van der Waals surface area contributed by atoms with Crippen molar-refractivity contribution < 1.29 is 9.13 Å². The van der Waals surface area contributed by atoms with Crippen molar-refractivity contribution in [2.24, 2.45) is 11.7 Å². The van der Waals surface area contributed by atoms with Crippen LogP contribution in [0.2, 0.25) is 0 Å². The number of fused-ring (bicyclic) bond motifs is 1. The Kier molecular flexibility index (Phi) is 5.38. The molecule has 0 bridgehead atoms. The summed E-state index contributed by atoms with van der Waals surface area (Å²) >= 11 is 0. The zero-order valence-electron chi connectivity index (χ0n) is 12.4. The molecule has 1 aromatic rings. The summed E-state index contributed by atoms with van der Waals surface area (Å²) < 4.78 is 19.1. The Morgan fingerprint density at radius 2 is 2.25 bits per heavy atom. The van der Waals surface area contributed by atoms with E-state index in [2.05, 4.69) is 18.7 Å². The van der Waals surface area contributed by atoms with Crippen LogP contribution < -0.4 is 10.5 Å². The van der Waals surface area contributed by atoms with Gasteiger partial charge in [0, 0.05) is 25.1 Å². The lowest BCUT2D eigenvalue weighted by molar-refractivity contribution is 0.140. The molecule has 0 spiro atoms. The highest BCUT2D eigenvalue weighted by molar-refractivity contribution is 5.37. The fraction of sp³-hybridized carbons (Fsp3) is 0.625. The van der Waals surface area contributed by atoms with Crippen LogP contribution in [0.1, 0.15) is 25.8 Å². The van der Waals surface area contributed by atoms with Crippen molar-refractivity contribution in [3.63, 3.8) is 0 Å². The van der Waals surface area contributed by atoms with Gasteiger partial charge in [0.1, 0.15) is 17.7 Å². The molecule has 0 aliphatic carbocycles. The highest BCUT2D eigenvalue weighted by Crippen LogP contribution is 2.29. The molecule has 1 aromatic carbocycles. The average Bonchev–Trinajstić information content (AvgIpc) is 2.76. The second kappa shape index (κ2) is 7.04. The van der Waals surface area contributed by atoms with E-state index in [0.717, 1.165) is 43.8 Å². The Morgan fingerprint density at radius 3 is 2.95 bits per heavy atom. The number of hydrogen-bond donors (Lipinski definition) is 1. The zero-order chi connectivity index (χ0) is 14.5. The van der Waals surface area contributed by atoms with Crippen LogP contribution in [0.3, 0.4) is 0 Å². The van der Waals surface area contributed by atoms with E-state index in [1.807, 2.05) is 0 Å². The Hall–Kier alpha value is -1.13. The predicted molar refractivity (Wildman–Crippen MR) is 79.5 cm³/mol. The first kappa shape index (κ1) is 15.3. The molecule has 0 radical (unpaired) electrons. The Bertz CT molecular complexity index is 436. The number of ether oxygens (including phenoxy) is 1. The lowest BCUT2D eigenvalue weighted by atomic mass is 10.1. The van der Waals surface area contributed by atoms with Crippen molar-refractivity contribution in [3.8, 4) is 5.75 Å². The van der Waals surface area contributed by atoms with Crippen molar-refractivity contribution in [1.82, 2.24) is 4.90 Å². The van der Waals surface area contributed by atoms with E-state index in [0.29, 0.717) is 12.5 Å². The van der Waals surface area contributed by atoms with Crippen LogP contribution in [0.4, 0.5) is 4.39 Å². The van der Waals surface area contributed by atoms with E-state index >= 15 is 0 Å². The lowest BCUT2D eigenvalue weighted by Gasteiger charge is -2.26. The highest BCUT2D eigenvalue weighted by atomic mass is 19.1. The third-order valence-electron chi connectivity index (χ3n) is 3.53. The summed E-state index contributed by atoms with van der Waals surface area (Å²) in [5.41, 5.74) is 6.59. The van der Waals surface area contributed by atoms with Gasteiger partial charge in [0.2, 0.25) is 0 Å². The van der Waals surface area contributed by atoms with Crippen molar-refractivity contribution in [2.75, 3.05) is 26.2 Å². The lowest BCUT2D eigenvalue weighted by Crippen LogP contribution is -2.38. The molecule has 2 rings (SSSR count). The van der Waals surface area contributed by atoms with Gasteiger partial charge in [-0.2, -0.15) is 0 Å². The van der Waals surface area contributed by atoms with Crippen LogP contribution in [0.25, 0.3) is 0 Å². The first-order chi connectivity index (χ1) is 9.58. The molecule has 20 heavy (non-hydrogen) atoms. The van der Waals surface area contributed by atoms with E-state index in [1.54, 1.807) is 12.1 Å². The molecule has 0 aromatic heterocycles. The molecule has 3 nitrogen and oxygen atoms in total. The minimum absolute atomic E-state index is 0.128. The number of nitrogens with zero attached hydrogens (tertiary/aromatic N) is 1. The minimum atomic E-state index is -0.185. The number of rotatable bonds is 7. The molecule has 0 saturated heterocycles. The third-order valence-corrected chi connectivity index (χ3v) is 3.53. The molecular weight excluding hydrogens is 255 g/mol. The standard InChI is InChI=1S/C16H25FN2O/c1-12(2)10-19(7-3-6-18)11-15-9-13-8-14(17)4-5-16(13)20-15/h4-5,8,12,15H,3,6-7,9-11,18H2,1-2H3. The summed E-state index contributed by atoms with van der Waals surface area (Å²) in [6.07, 6.45) is 1.93. The third kappa shape index (κ3) is 4.18. The summed E-state index contributed by atoms with van der Waals surface area (Å²) in [5, 5.41) is 0. The maximum atomic E-state index is 13.2. The van der Waals surface area contributed by atoms with E-state index in [9.17, 15) is 4.39 Å². The number of benzene rings is 1. The molecule has 0 saturated carbocycles. The molecule has 1 aliphatic rings. The molecule has 112 valence electrons. The molecule has 2 N–H and O–H groups in total. The van der Waals surface area contributed by atoms with Crippen molar-refractivity contribution >= 4 is 0 Å². The predicted octanol–water partition coefficient (Wildman–Crippen LogP) is 2.44. The van der Waals surface area contributed by atoms with Crippen LogP contribution in [0.5, 0.6) is 5.75 Å². The van der Waals surface area contributed by atoms with Gasteiger partial charge in [-0.05, 0) is 43.6 Å². The first-order valence-electron chi connectivity index (χ1n) is 7.46. The first-order valence-corrected chi connectivity index (χ1v) is 7.46. The quantitative estimate of drug-likeness (QED) is 0.833. The van der Waals surface area contributed by atoms with Crippen LogP contribution in [0, 0.1) is 11.7 Å². The SMILES string of the molecule is CC(C)CN(CCCN)CC1Cc2cc(F)ccc2O1. The van der Waals surface area contributed by atoms with E-state index in [-0.39, 0.29) is 11.9 Å². The van der Waals surface area contributed by atoms with Gasteiger partial charge >= 0.3 is 0 Å². The average molecular weight is 280 g/mol. The number of hydrogen-bond acceptors (Lipinski definition) is 3. The molecule has 0 fully saturated rings. The minimum Gasteiger partial charge on any atom is -0.488 e. The van der Waals surface area contributed by atoms with Gasteiger partial charge in [-0.3, -0.25) is 4.90 Å². The summed E-state index contributed by atoms with van der Waals surface area (Å²) in [7, 11) is 0. The van der Waals surface area contributed by atoms with Gasteiger partial charge in [-0.25, -0.2) is 4.39 Å². The molecule has 4 heteroatoms. The fourth-order valence-corrected chi connectivity index (χ4v) is 2.77. The Morgan fingerprint density at radius 1 is 1.45 bits per heavy atom. The smallest absolute Gasteiger partial charge is 0.123 e. The monoisotopic (exact) mass is 280 g/mol. The number of halogens is 1. The van der Waals surface area contributed by atoms with Gasteiger partial charge in [-0.15, -0.1) is 0 Å². The largest absolute Gasteiger partial charge is 0.488 e. The normalized spacial score (nSPS) is 17.6. The van der Waals surface area contributed by atoms with Gasteiger partial charge in [0.05, 0.1) is 0 Å². The van der Waals surface area contributed by atoms with Crippen molar-refractivity contribution in [2.45, 2.75) is 32.8 Å². The second-order valence-electron chi connectivity index (χ2n) is 5.99. The summed E-state index contributed by atoms with van der Waals surface area (Å²) in [6.45, 7) is 8.08. The molecule has 1 unspecified atom stereocenters. The molecule has 1 atom stereocenters. The molecular formula is C16H25FN2O. The van der Waals surface area contributed by atoms with E-state index in [4.69, 9.17) is 10.5 Å². The van der Waals surface area contributed by atoms with Gasteiger partial charge < -0.3 is 10.5 Å². The summed E-state index contributed by atoms with van der Waals surface area (Å²) in [5.74, 6) is 1.27. The fourth-order valence-electron chi connectivity index (χ4n) is 2.77. The van der Waals surface area contributed by atoms with Crippen LogP contribution in [-0.2, 0) is 6.42 Å². The summed E-state index contributed by atoms with van der Waals surface area (Å²) in [4.78, 5) is 2.41. The van der Waals surface area contributed by atoms with Crippen molar-refractivity contribution in [3.05, 3.63) is 29.6 Å². The molecule has 1 heterocycles. The van der Waals surface area contributed by atoms with E-state index in [1.165, 1.54) is 6.07 Å². The van der Waals surface area contributed by atoms with Gasteiger partial charge in [0.25, 0.3) is 0 Å². The van der Waals surface area contributed by atoms with Crippen LogP contribution in [0.15, 0.2) is 18.2 Å². The van der Waals surface area contributed by atoms with Crippen LogP contribution >= 0.6 is 0 Å². The molecule has 0 amide bonds. The Labute approximate surface area is 120 Å². The van der Waals surface area contributed by atoms with Crippen LogP contribution in [-0.4, -0.2) is 37.2 Å². The zero-order valence-corrected chi connectivity index (χ0v) is 12.4. The maximum absolute atomic E-state index is 13.2. The summed E-state index contributed by atoms with van der Waals surface area (Å²) in [6, 6.07) is 4.78. The van der Waals surface area contributed by atoms with Gasteiger partial charge in [0.15, 0.2) is 0 Å². The van der Waals surface area contributed by atoms with E-state index < -0.39 is 0 Å². The Balaban J connectivity index is 1.92.